The van der Waals surface area contributed by atoms with E-state index in [9.17, 15) is 14.7 Å². The Bertz CT molecular complexity index is 774. The highest BCUT2D eigenvalue weighted by Gasteiger charge is 2.25. The summed E-state index contributed by atoms with van der Waals surface area (Å²) in [6.07, 6.45) is 2.47. The molecular formula is C23H26O3. The van der Waals surface area contributed by atoms with Crippen molar-refractivity contribution in [2.45, 2.75) is 39.7 Å². The molecule has 3 rings (SSSR count). The fourth-order valence-electron chi connectivity index (χ4n) is 3.21. The maximum absolute atomic E-state index is 11.9. The van der Waals surface area contributed by atoms with E-state index in [-0.39, 0.29) is 17.0 Å². The van der Waals surface area contributed by atoms with Crippen LogP contribution in [0, 0.1) is 5.41 Å². The first-order valence-corrected chi connectivity index (χ1v) is 8.81. The van der Waals surface area contributed by atoms with Gasteiger partial charge < -0.3 is 5.11 Å². The van der Waals surface area contributed by atoms with Crippen LogP contribution in [0.3, 0.4) is 0 Å². The van der Waals surface area contributed by atoms with E-state index in [0.29, 0.717) is 17.5 Å². The van der Waals surface area contributed by atoms with Crippen LogP contribution in [0.15, 0.2) is 72.3 Å². The molecule has 1 unspecified atom stereocenters. The highest BCUT2D eigenvalue weighted by molar-refractivity contribution is 5.99. The van der Waals surface area contributed by atoms with Crippen molar-refractivity contribution in [3.8, 4) is 0 Å². The molecule has 0 saturated carbocycles. The minimum Gasteiger partial charge on any atom is -0.380 e. The van der Waals surface area contributed by atoms with Crippen molar-refractivity contribution in [2.75, 3.05) is 0 Å². The van der Waals surface area contributed by atoms with Gasteiger partial charge in [0.1, 0.15) is 6.10 Å². The number of aliphatic hydroxyl groups excluding tert-OH is 1. The summed E-state index contributed by atoms with van der Waals surface area (Å²) in [5.41, 5.74) is 2.58. The first kappa shape index (κ1) is 19.8. The summed E-state index contributed by atoms with van der Waals surface area (Å²) in [7, 11) is 0. The molecule has 0 heterocycles. The molecule has 1 N–H and O–H groups in total. The molecule has 2 aromatic rings. The second-order valence-electron chi connectivity index (χ2n) is 7.52. The number of allylic oxidation sites excluding steroid dienone is 2. The Hall–Kier alpha value is -2.52. The van der Waals surface area contributed by atoms with Crippen molar-refractivity contribution in [3.05, 3.63) is 83.4 Å². The zero-order valence-electron chi connectivity index (χ0n) is 15.6. The summed E-state index contributed by atoms with van der Waals surface area (Å²) in [6.45, 7) is 6.31. The maximum atomic E-state index is 11.9. The summed E-state index contributed by atoms with van der Waals surface area (Å²) >= 11 is 0. The number of hydrogen-bond acceptors (Lipinski definition) is 3. The lowest BCUT2D eigenvalue weighted by Crippen LogP contribution is -2.20. The Morgan fingerprint density at radius 2 is 1.50 bits per heavy atom. The molecule has 1 aliphatic rings. The van der Waals surface area contributed by atoms with Crippen LogP contribution in [0.5, 0.6) is 0 Å². The Balaban J connectivity index is 0.000000209. The number of hydrogen-bond donors (Lipinski definition) is 1. The first-order valence-electron chi connectivity index (χ1n) is 8.81. The lowest BCUT2D eigenvalue weighted by atomic mass is 9.77. The summed E-state index contributed by atoms with van der Waals surface area (Å²) in [6, 6.07) is 17.7. The molecule has 2 aromatic carbocycles. The molecule has 0 amide bonds. The van der Waals surface area contributed by atoms with Gasteiger partial charge in [0.05, 0.1) is 0 Å². The molecular weight excluding hydrogens is 324 g/mol. The summed E-state index contributed by atoms with van der Waals surface area (Å²) in [4.78, 5) is 22.9. The highest BCUT2D eigenvalue weighted by atomic mass is 16.3. The number of rotatable bonds is 3. The third-order valence-corrected chi connectivity index (χ3v) is 4.24. The second-order valence-corrected chi connectivity index (χ2v) is 7.52. The molecule has 0 aromatic heterocycles. The van der Waals surface area contributed by atoms with Crippen molar-refractivity contribution in [3.63, 3.8) is 0 Å². The number of aliphatic hydroxyl groups is 1. The van der Waals surface area contributed by atoms with Gasteiger partial charge in [0.2, 0.25) is 0 Å². The van der Waals surface area contributed by atoms with E-state index in [1.807, 2.05) is 19.1 Å². The van der Waals surface area contributed by atoms with Gasteiger partial charge in [-0.15, -0.1) is 0 Å². The third-order valence-electron chi connectivity index (χ3n) is 4.24. The third kappa shape index (κ3) is 5.78. The molecule has 3 heteroatoms. The molecule has 136 valence electrons. The topological polar surface area (TPSA) is 54.4 Å². The monoisotopic (exact) mass is 350 g/mol. The lowest BCUT2D eigenvalue weighted by Gasteiger charge is -2.27. The van der Waals surface area contributed by atoms with Crippen molar-refractivity contribution in [1.29, 1.82) is 0 Å². The fraction of sp³-hybridized carbons (Fsp3) is 0.304. The fourth-order valence-corrected chi connectivity index (χ4v) is 3.21. The van der Waals surface area contributed by atoms with Crippen LogP contribution >= 0.6 is 0 Å². The van der Waals surface area contributed by atoms with Crippen LogP contribution in [0.4, 0.5) is 0 Å². The first-order chi connectivity index (χ1) is 12.3. The largest absolute Gasteiger partial charge is 0.380 e. The average Bonchev–Trinajstić information content (AvgIpc) is 2.60. The van der Waals surface area contributed by atoms with Crippen LogP contribution in [-0.2, 0) is 4.79 Å². The van der Waals surface area contributed by atoms with Gasteiger partial charge >= 0.3 is 0 Å². The number of Topliss-reactive ketones (excluding diaryl/α,β-unsaturated/α-hetero) is 1. The van der Waals surface area contributed by atoms with E-state index < -0.39 is 6.10 Å². The summed E-state index contributed by atoms with van der Waals surface area (Å²) < 4.78 is 0. The highest BCUT2D eigenvalue weighted by Crippen LogP contribution is 2.32. The van der Waals surface area contributed by atoms with Crippen LogP contribution in [0.2, 0.25) is 0 Å². The van der Waals surface area contributed by atoms with Gasteiger partial charge in [0, 0.05) is 12.0 Å². The molecule has 1 aliphatic carbocycles. The van der Waals surface area contributed by atoms with E-state index >= 15 is 0 Å². The minimum absolute atomic E-state index is 0.204. The Morgan fingerprint density at radius 1 is 0.962 bits per heavy atom. The average molecular weight is 350 g/mol. The van der Waals surface area contributed by atoms with Gasteiger partial charge in [-0.1, -0.05) is 80.1 Å². The molecule has 1 atom stereocenters. The van der Waals surface area contributed by atoms with Gasteiger partial charge in [-0.2, -0.15) is 0 Å². The van der Waals surface area contributed by atoms with Crippen molar-refractivity contribution in [1.82, 2.24) is 0 Å². The van der Waals surface area contributed by atoms with E-state index in [0.717, 1.165) is 6.42 Å². The minimum atomic E-state index is -1.08. The van der Waals surface area contributed by atoms with Crippen molar-refractivity contribution < 1.29 is 14.7 Å². The lowest BCUT2D eigenvalue weighted by molar-refractivity contribution is -0.117. The van der Waals surface area contributed by atoms with Gasteiger partial charge in [0.15, 0.2) is 11.6 Å². The van der Waals surface area contributed by atoms with E-state index in [2.05, 4.69) is 13.8 Å². The predicted molar refractivity (Wildman–Crippen MR) is 104 cm³/mol. The number of ketones is 2. The number of carbonyl (C=O) groups is 2. The Labute approximate surface area is 155 Å². The van der Waals surface area contributed by atoms with Crippen molar-refractivity contribution in [2.24, 2.45) is 5.41 Å². The summed E-state index contributed by atoms with van der Waals surface area (Å²) in [5.74, 6) is 0.0144. The maximum Gasteiger partial charge on any atom is 0.195 e. The van der Waals surface area contributed by atoms with Gasteiger partial charge in [-0.25, -0.2) is 0 Å². The van der Waals surface area contributed by atoms with Crippen LogP contribution in [-0.4, -0.2) is 16.7 Å². The normalized spacial score (nSPS) is 16.8. The SMILES string of the molecule is CC1=CC(=O)CC(C)(C)C1.O=C(c1ccccc1)C(O)c1ccccc1. The van der Waals surface area contributed by atoms with Gasteiger partial charge in [-0.3, -0.25) is 9.59 Å². The molecule has 0 radical (unpaired) electrons. The van der Waals surface area contributed by atoms with E-state index in [4.69, 9.17) is 0 Å². The second kappa shape index (κ2) is 8.72. The van der Waals surface area contributed by atoms with Crippen molar-refractivity contribution >= 4 is 11.6 Å². The molecule has 26 heavy (non-hydrogen) atoms. The molecule has 0 fully saturated rings. The smallest absolute Gasteiger partial charge is 0.195 e. The van der Waals surface area contributed by atoms with E-state index in [1.54, 1.807) is 54.6 Å². The van der Waals surface area contributed by atoms with E-state index in [1.165, 1.54) is 5.57 Å². The Morgan fingerprint density at radius 3 is 2.00 bits per heavy atom. The Kier molecular flexibility index (Phi) is 6.64. The quantitative estimate of drug-likeness (QED) is 0.799. The number of benzene rings is 2. The predicted octanol–water partition coefficient (Wildman–Crippen LogP) is 4.92. The van der Waals surface area contributed by atoms with Crippen LogP contribution < -0.4 is 0 Å². The van der Waals surface area contributed by atoms with Gasteiger partial charge in [-0.05, 0) is 30.4 Å². The number of carbonyl (C=O) groups excluding carboxylic acids is 2. The zero-order valence-corrected chi connectivity index (χ0v) is 15.6. The zero-order chi connectivity index (χ0) is 19.2. The molecule has 0 spiro atoms. The van der Waals surface area contributed by atoms with Crippen LogP contribution in [0.1, 0.15) is 55.6 Å². The molecule has 0 bridgehead atoms. The molecule has 3 nitrogen and oxygen atoms in total. The molecule has 0 saturated heterocycles. The van der Waals surface area contributed by atoms with Crippen LogP contribution in [0.25, 0.3) is 0 Å². The molecule has 0 aliphatic heterocycles. The summed E-state index contributed by atoms with van der Waals surface area (Å²) in [5, 5.41) is 9.89. The van der Waals surface area contributed by atoms with Gasteiger partial charge in [0.25, 0.3) is 0 Å². The standard InChI is InChI=1S/C14H12O2.C9H14O/c15-13(11-7-3-1-4-8-11)14(16)12-9-5-2-6-10-12;1-7-4-8(10)6-9(2,3)5-7/h1-10,13,15H;4H,5-6H2,1-3H3.